The molecule has 0 radical (unpaired) electrons. The summed E-state index contributed by atoms with van der Waals surface area (Å²) >= 11 is 7.52. The monoisotopic (exact) mass is 445 g/mol. The zero-order valence-corrected chi connectivity index (χ0v) is 18.4. The zero-order chi connectivity index (χ0) is 21.1. The van der Waals surface area contributed by atoms with Gasteiger partial charge in [-0.2, -0.15) is 0 Å². The first-order valence-corrected chi connectivity index (χ1v) is 11.4. The van der Waals surface area contributed by atoms with Crippen LogP contribution in [0, 0.1) is 5.92 Å². The lowest BCUT2D eigenvalue weighted by molar-refractivity contribution is -0.128. The summed E-state index contributed by atoms with van der Waals surface area (Å²) in [6.07, 6.45) is 5.91. The molecule has 0 bridgehead atoms. The van der Waals surface area contributed by atoms with Crippen LogP contribution < -0.4 is 5.32 Å². The van der Waals surface area contributed by atoms with Gasteiger partial charge in [-0.3, -0.25) is 9.59 Å². The molecule has 2 amide bonds. The van der Waals surface area contributed by atoms with E-state index < -0.39 is 0 Å². The van der Waals surface area contributed by atoms with Gasteiger partial charge in [0.1, 0.15) is 5.01 Å². The Morgan fingerprint density at radius 3 is 3.07 bits per heavy atom. The third-order valence-corrected chi connectivity index (χ3v) is 6.54. The summed E-state index contributed by atoms with van der Waals surface area (Å²) in [5, 5.41) is 14.2. The zero-order valence-electron chi connectivity index (χ0n) is 16.8. The van der Waals surface area contributed by atoms with E-state index in [1.54, 1.807) is 4.90 Å². The minimum Gasteiger partial charge on any atom is -0.361 e. The Kier molecular flexibility index (Phi) is 6.34. The van der Waals surface area contributed by atoms with Crippen LogP contribution in [-0.4, -0.2) is 45.0 Å². The summed E-state index contributed by atoms with van der Waals surface area (Å²) in [6, 6.07) is 5.73. The second kappa shape index (κ2) is 9.14. The molecule has 2 N–H and O–H groups in total. The van der Waals surface area contributed by atoms with E-state index in [1.165, 1.54) is 11.3 Å². The van der Waals surface area contributed by atoms with Gasteiger partial charge in [-0.05, 0) is 36.6 Å². The number of nitrogens with zero attached hydrogens (tertiary/aromatic N) is 3. The first-order valence-electron chi connectivity index (χ1n) is 10.2. The summed E-state index contributed by atoms with van der Waals surface area (Å²) in [7, 11) is 0. The molecule has 1 atom stereocenters. The largest absolute Gasteiger partial charge is 0.361 e. The molecule has 2 aromatic heterocycles. The number of H-pyrrole nitrogens is 1. The highest BCUT2D eigenvalue weighted by molar-refractivity contribution is 7.15. The maximum atomic E-state index is 12.6. The summed E-state index contributed by atoms with van der Waals surface area (Å²) in [6.45, 7) is 3.12. The molecule has 1 aliphatic rings. The van der Waals surface area contributed by atoms with E-state index in [0.29, 0.717) is 29.7 Å². The molecule has 1 fully saturated rings. The summed E-state index contributed by atoms with van der Waals surface area (Å²) in [5.74, 6) is -0.519. The van der Waals surface area contributed by atoms with Crippen LogP contribution in [0.25, 0.3) is 10.9 Å². The number of aromatic amines is 1. The minimum absolute atomic E-state index is 0.00826. The van der Waals surface area contributed by atoms with Crippen LogP contribution in [0.15, 0.2) is 24.4 Å². The van der Waals surface area contributed by atoms with Crippen LogP contribution in [0.3, 0.4) is 0 Å². The highest BCUT2D eigenvalue weighted by Gasteiger charge is 2.34. The second-order valence-electron chi connectivity index (χ2n) is 7.59. The van der Waals surface area contributed by atoms with Gasteiger partial charge >= 0.3 is 0 Å². The van der Waals surface area contributed by atoms with Gasteiger partial charge in [0.15, 0.2) is 0 Å². The van der Waals surface area contributed by atoms with Crippen molar-refractivity contribution in [2.75, 3.05) is 18.4 Å². The second-order valence-corrected chi connectivity index (χ2v) is 9.09. The number of amides is 2. The lowest BCUT2D eigenvalue weighted by atomic mass is 10.1. The third-order valence-electron chi connectivity index (χ3n) is 5.41. The Hall–Kier alpha value is -2.45. The van der Waals surface area contributed by atoms with Gasteiger partial charge in [0.2, 0.25) is 16.9 Å². The summed E-state index contributed by atoms with van der Waals surface area (Å²) in [5.41, 5.74) is 2.14. The van der Waals surface area contributed by atoms with E-state index in [9.17, 15) is 9.59 Å². The van der Waals surface area contributed by atoms with E-state index in [0.717, 1.165) is 40.7 Å². The number of carbonyl (C=O) groups excluding carboxylic acids is 2. The Balaban J connectivity index is 1.32. The fourth-order valence-electron chi connectivity index (χ4n) is 3.72. The summed E-state index contributed by atoms with van der Waals surface area (Å²) < 4.78 is 0. The first kappa shape index (κ1) is 20.8. The molecule has 7 nitrogen and oxygen atoms in total. The molecule has 0 spiro atoms. The number of rotatable bonds is 8. The number of aromatic nitrogens is 3. The van der Waals surface area contributed by atoms with Crippen molar-refractivity contribution in [2.24, 2.45) is 5.92 Å². The van der Waals surface area contributed by atoms with Crippen molar-refractivity contribution in [3.05, 3.63) is 40.0 Å². The number of carbonyl (C=O) groups is 2. The van der Waals surface area contributed by atoms with E-state index in [-0.39, 0.29) is 24.2 Å². The van der Waals surface area contributed by atoms with Gasteiger partial charge in [0.25, 0.3) is 0 Å². The van der Waals surface area contributed by atoms with E-state index in [2.05, 4.69) is 27.4 Å². The Morgan fingerprint density at radius 2 is 2.23 bits per heavy atom. The smallest absolute Gasteiger partial charge is 0.231 e. The van der Waals surface area contributed by atoms with Crippen LogP contribution in [0.1, 0.15) is 36.8 Å². The molecule has 30 heavy (non-hydrogen) atoms. The number of unbranched alkanes of at least 4 members (excludes halogenated alkanes) is 1. The number of hydrogen-bond donors (Lipinski definition) is 2. The number of likely N-dealkylation sites (tertiary alicyclic amines) is 1. The molecule has 1 saturated heterocycles. The van der Waals surface area contributed by atoms with E-state index in [4.69, 9.17) is 11.6 Å². The Morgan fingerprint density at radius 1 is 1.37 bits per heavy atom. The molecule has 9 heteroatoms. The maximum absolute atomic E-state index is 12.6. The molecule has 0 unspecified atom stereocenters. The van der Waals surface area contributed by atoms with Crippen LogP contribution in [0.4, 0.5) is 5.13 Å². The number of nitrogens with one attached hydrogen (secondary N) is 2. The number of aryl methyl sites for hydroxylation is 1. The van der Waals surface area contributed by atoms with Crippen LogP contribution in [-0.2, 0) is 22.4 Å². The standard InChI is InChI=1S/C21H24ClN5O2S/c1-2-3-4-18-25-26-21(30-18)24-20(29)14-9-19(28)27(12-14)8-7-13-11-23-17-6-5-15(22)10-16(13)17/h5-6,10-11,14,23H,2-4,7-9,12H2,1H3,(H,24,26,29)/t14-/m0/s1. The number of anilines is 1. The quantitative estimate of drug-likeness (QED) is 0.547. The predicted octanol–water partition coefficient (Wildman–Crippen LogP) is 4.05. The third kappa shape index (κ3) is 4.65. The van der Waals surface area contributed by atoms with Crippen LogP contribution in [0.2, 0.25) is 5.02 Å². The molecule has 4 rings (SSSR count). The highest BCUT2D eigenvalue weighted by atomic mass is 35.5. The Bertz CT molecular complexity index is 1060. The van der Waals surface area contributed by atoms with E-state index >= 15 is 0 Å². The molecule has 0 aliphatic carbocycles. The fraction of sp³-hybridized carbons (Fsp3) is 0.429. The minimum atomic E-state index is -0.363. The van der Waals surface area contributed by atoms with Crippen LogP contribution in [0.5, 0.6) is 0 Å². The molecular weight excluding hydrogens is 422 g/mol. The number of benzene rings is 1. The van der Waals surface area contributed by atoms with Gasteiger partial charge in [-0.1, -0.05) is 36.3 Å². The molecular formula is C21H24ClN5O2S. The lowest BCUT2D eigenvalue weighted by Gasteiger charge is -2.16. The fourth-order valence-corrected chi connectivity index (χ4v) is 4.67. The average Bonchev–Trinajstić information content (AvgIpc) is 3.43. The van der Waals surface area contributed by atoms with Crippen molar-refractivity contribution in [2.45, 2.75) is 39.0 Å². The SMILES string of the molecule is CCCCc1nnc(NC(=O)[C@H]2CC(=O)N(CCc3c[nH]c4ccc(Cl)cc34)C2)s1. The first-order chi connectivity index (χ1) is 14.5. The van der Waals surface area contributed by atoms with Gasteiger partial charge in [0.05, 0.1) is 5.92 Å². The normalized spacial score (nSPS) is 16.5. The van der Waals surface area contributed by atoms with Gasteiger partial charge in [0, 0.05) is 48.1 Å². The van der Waals surface area contributed by atoms with Crippen molar-refractivity contribution >= 4 is 50.8 Å². The highest BCUT2D eigenvalue weighted by Crippen LogP contribution is 2.25. The topological polar surface area (TPSA) is 91.0 Å². The number of hydrogen-bond acceptors (Lipinski definition) is 5. The number of halogens is 1. The summed E-state index contributed by atoms with van der Waals surface area (Å²) in [4.78, 5) is 30.0. The van der Waals surface area contributed by atoms with Crippen LogP contribution >= 0.6 is 22.9 Å². The number of fused-ring (bicyclic) bond motifs is 1. The Labute approximate surface area is 183 Å². The van der Waals surface area contributed by atoms with Gasteiger partial charge in [-0.25, -0.2) is 0 Å². The molecule has 0 saturated carbocycles. The predicted molar refractivity (Wildman–Crippen MR) is 119 cm³/mol. The van der Waals surface area contributed by atoms with Gasteiger partial charge < -0.3 is 15.2 Å². The molecule has 1 aliphatic heterocycles. The van der Waals surface area contributed by atoms with Crippen molar-refractivity contribution in [1.82, 2.24) is 20.1 Å². The van der Waals surface area contributed by atoms with Crippen molar-refractivity contribution in [3.8, 4) is 0 Å². The average molecular weight is 446 g/mol. The van der Waals surface area contributed by atoms with E-state index in [1.807, 2.05) is 24.4 Å². The molecule has 1 aromatic carbocycles. The van der Waals surface area contributed by atoms with Crippen molar-refractivity contribution in [3.63, 3.8) is 0 Å². The lowest BCUT2D eigenvalue weighted by Crippen LogP contribution is -2.30. The molecule has 158 valence electrons. The molecule has 3 heterocycles. The van der Waals surface area contributed by atoms with Gasteiger partial charge in [-0.15, -0.1) is 10.2 Å². The molecule has 3 aromatic rings. The van der Waals surface area contributed by atoms with Crippen molar-refractivity contribution < 1.29 is 9.59 Å². The van der Waals surface area contributed by atoms with Crippen molar-refractivity contribution in [1.29, 1.82) is 0 Å². The maximum Gasteiger partial charge on any atom is 0.231 e.